The van der Waals surface area contributed by atoms with Crippen molar-refractivity contribution in [3.63, 3.8) is 0 Å². The summed E-state index contributed by atoms with van der Waals surface area (Å²) in [5.74, 6) is 0. The summed E-state index contributed by atoms with van der Waals surface area (Å²) in [6.07, 6.45) is 0. The number of thiophene rings is 1. The average molecular weight is 393 g/mol. The van der Waals surface area contributed by atoms with Gasteiger partial charge in [0.1, 0.15) is 0 Å². The molecule has 3 aromatic rings. The molecule has 2 aromatic carbocycles. The van der Waals surface area contributed by atoms with E-state index in [1.807, 2.05) is 0 Å². The van der Waals surface area contributed by atoms with Crippen LogP contribution in [-0.2, 0) is 0 Å². The molecular formula is C17H16INS. The number of fused-ring (bicyclic) bond motifs is 1. The zero-order chi connectivity index (χ0) is 13.9. The topological polar surface area (TPSA) is 12.0 Å². The highest BCUT2D eigenvalue weighted by molar-refractivity contribution is 14.1. The summed E-state index contributed by atoms with van der Waals surface area (Å²) in [4.78, 5) is 0. The van der Waals surface area contributed by atoms with E-state index < -0.39 is 0 Å². The first-order valence-corrected chi connectivity index (χ1v) is 8.70. The molecule has 1 N–H and O–H groups in total. The molecule has 0 aliphatic heterocycles. The van der Waals surface area contributed by atoms with Gasteiger partial charge in [-0.1, -0.05) is 49.4 Å². The van der Waals surface area contributed by atoms with Crippen LogP contribution in [0.1, 0.15) is 24.1 Å². The van der Waals surface area contributed by atoms with E-state index in [0.29, 0.717) is 0 Å². The lowest BCUT2D eigenvalue weighted by Crippen LogP contribution is -2.21. The standard InChI is InChI=1S/C17H16INS/c1-2-19-17(13-10-16(18)20-11-13)15-9-5-7-12-6-3-4-8-14(12)15/h3-11,17,19H,2H2,1H3. The van der Waals surface area contributed by atoms with Crippen molar-refractivity contribution in [1.29, 1.82) is 0 Å². The Kier molecular flexibility index (Phi) is 4.38. The Hall–Kier alpha value is -0.910. The minimum atomic E-state index is 0.269. The molecule has 0 spiro atoms. The first-order chi connectivity index (χ1) is 9.79. The highest BCUT2D eigenvalue weighted by Crippen LogP contribution is 2.31. The molecule has 0 fully saturated rings. The SMILES string of the molecule is CCNC(c1csc(I)c1)c1cccc2ccccc12. The molecule has 0 saturated carbocycles. The highest BCUT2D eigenvalue weighted by Gasteiger charge is 2.16. The molecule has 0 aliphatic rings. The van der Waals surface area contributed by atoms with Crippen LogP contribution in [0.2, 0.25) is 0 Å². The van der Waals surface area contributed by atoms with Gasteiger partial charge in [-0.3, -0.25) is 0 Å². The number of rotatable bonds is 4. The molecule has 1 atom stereocenters. The van der Waals surface area contributed by atoms with Gasteiger partial charge in [0.05, 0.1) is 8.93 Å². The molecule has 3 rings (SSSR count). The smallest absolute Gasteiger partial charge is 0.0656 e. The Labute approximate surface area is 137 Å². The predicted octanol–water partition coefficient (Wildman–Crippen LogP) is 5.20. The summed E-state index contributed by atoms with van der Waals surface area (Å²) in [5, 5.41) is 8.52. The van der Waals surface area contributed by atoms with Crippen molar-refractivity contribution in [3.05, 3.63) is 67.9 Å². The molecule has 0 amide bonds. The molecule has 1 aromatic heterocycles. The average Bonchev–Trinajstić information content (AvgIpc) is 2.91. The van der Waals surface area contributed by atoms with Gasteiger partial charge >= 0.3 is 0 Å². The second-order valence-electron chi connectivity index (χ2n) is 4.74. The van der Waals surface area contributed by atoms with Gasteiger partial charge in [-0.25, -0.2) is 0 Å². The first-order valence-electron chi connectivity index (χ1n) is 6.74. The van der Waals surface area contributed by atoms with Crippen LogP contribution in [0.5, 0.6) is 0 Å². The maximum Gasteiger partial charge on any atom is 0.0656 e. The monoisotopic (exact) mass is 393 g/mol. The Morgan fingerprint density at radius 1 is 1.15 bits per heavy atom. The predicted molar refractivity (Wildman–Crippen MR) is 96.5 cm³/mol. The van der Waals surface area contributed by atoms with Crippen LogP contribution < -0.4 is 5.32 Å². The minimum Gasteiger partial charge on any atom is -0.306 e. The summed E-state index contributed by atoms with van der Waals surface area (Å²) in [6.45, 7) is 3.12. The first kappa shape index (κ1) is 14.0. The van der Waals surface area contributed by atoms with Crippen molar-refractivity contribution >= 4 is 44.7 Å². The molecule has 0 bridgehead atoms. The third-order valence-corrected chi connectivity index (χ3v) is 5.27. The lowest BCUT2D eigenvalue weighted by Gasteiger charge is -2.19. The van der Waals surface area contributed by atoms with Crippen LogP contribution in [0.25, 0.3) is 10.8 Å². The van der Waals surface area contributed by atoms with E-state index in [4.69, 9.17) is 0 Å². The fourth-order valence-electron chi connectivity index (χ4n) is 2.59. The van der Waals surface area contributed by atoms with Gasteiger partial charge in [-0.15, -0.1) is 11.3 Å². The second-order valence-corrected chi connectivity index (χ2v) is 7.55. The lowest BCUT2D eigenvalue weighted by atomic mass is 9.95. The number of hydrogen-bond donors (Lipinski definition) is 1. The Morgan fingerprint density at radius 3 is 2.70 bits per heavy atom. The van der Waals surface area contributed by atoms with Gasteiger partial charge in [0, 0.05) is 0 Å². The van der Waals surface area contributed by atoms with Crippen LogP contribution in [0.3, 0.4) is 0 Å². The second kappa shape index (κ2) is 6.24. The van der Waals surface area contributed by atoms with Crippen molar-refractivity contribution < 1.29 is 0 Å². The van der Waals surface area contributed by atoms with Crippen LogP contribution in [-0.4, -0.2) is 6.54 Å². The Bertz CT molecular complexity index is 714. The third-order valence-electron chi connectivity index (χ3n) is 3.46. The van der Waals surface area contributed by atoms with E-state index in [1.54, 1.807) is 11.3 Å². The molecule has 1 nitrogen and oxygen atoms in total. The third kappa shape index (κ3) is 2.75. The van der Waals surface area contributed by atoms with E-state index >= 15 is 0 Å². The van der Waals surface area contributed by atoms with Crippen LogP contribution in [0.15, 0.2) is 53.9 Å². The summed E-state index contributed by atoms with van der Waals surface area (Å²) in [7, 11) is 0. The van der Waals surface area contributed by atoms with E-state index in [2.05, 4.69) is 88.7 Å². The number of halogens is 1. The van der Waals surface area contributed by atoms with Gasteiger partial charge in [0.25, 0.3) is 0 Å². The molecule has 0 radical (unpaired) electrons. The van der Waals surface area contributed by atoms with Crippen LogP contribution >= 0.6 is 33.9 Å². The quantitative estimate of drug-likeness (QED) is 0.601. The highest BCUT2D eigenvalue weighted by atomic mass is 127. The van der Waals surface area contributed by atoms with Crippen molar-refractivity contribution in [1.82, 2.24) is 5.32 Å². The van der Waals surface area contributed by atoms with Crippen LogP contribution in [0.4, 0.5) is 0 Å². The van der Waals surface area contributed by atoms with Crippen molar-refractivity contribution in [2.75, 3.05) is 6.54 Å². The lowest BCUT2D eigenvalue weighted by molar-refractivity contribution is 0.636. The van der Waals surface area contributed by atoms with Gasteiger partial charge in [-0.2, -0.15) is 0 Å². The largest absolute Gasteiger partial charge is 0.306 e. The van der Waals surface area contributed by atoms with Gasteiger partial charge in [0.15, 0.2) is 0 Å². The molecule has 102 valence electrons. The van der Waals surface area contributed by atoms with Gasteiger partial charge in [-0.05, 0) is 62.5 Å². The molecule has 0 saturated heterocycles. The van der Waals surface area contributed by atoms with Gasteiger partial charge in [0.2, 0.25) is 0 Å². The van der Waals surface area contributed by atoms with Crippen molar-refractivity contribution in [3.8, 4) is 0 Å². The van der Waals surface area contributed by atoms with E-state index in [-0.39, 0.29) is 6.04 Å². The van der Waals surface area contributed by atoms with E-state index in [0.717, 1.165) is 6.54 Å². The normalized spacial score (nSPS) is 12.7. The molecule has 1 unspecified atom stereocenters. The summed E-state index contributed by atoms with van der Waals surface area (Å²) in [6, 6.07) is 17.7. The van der Waals surface area contributed by atoms with E-state index in [1.165, 1.54) is 24.8 Å². The summed E-state index contributed by atoms with van der Waals surface area (Å²) < 4.78 is 1.33. The number of benzene rings is 2. The number of nitrogens with one attached hydrogen (secondary N) is 1. The van der Waals surface area contributed by atoms with Crippen LogP contribution in [0, 0.1) is 2.88 Å². The zero-order valence-electron chi connectivity index (χ0n) is 11.3. The molecule has 0 aliphatic carbocycles. The fourth-order valence-corrected chi connectivity index (χ4v) is 3.99. The summed E-state index contributed by atoms with van der Waals surface area (Å²) >= 11 is 4.20. The minimum absolute atomic E-state index is 0.269. The van der Waals surface area contributed by atoms with Crippen molar-refractivity contribution in [2.45, 2.75) is 13.0 Å². The Balaban J connectivity index is 2.14. The maximum absolute atomic E-state index is 3.62. The number of hydrogen-bond acceptors (Lipinski definition) is 2. The fraction of sp³-hybridized carbons (Fsp3) is 0.176. The molecule has 3 heteroatoms. The molecular weight excluding hydrogens is 377 g/mol. The van der Waals surface area contributed by atoms with Crippen molar-refractivity contribution in [2.24, 2.45) is 0 Å². The van der Waals surface area contributed by atoms with E-state index in [9.17, 15) is 0 Å². The molecule has 1 heterocycles. The zero-order valence-corrected chi connectivity index (χ0v) is 14.2. The Morgan fingerprint density at radius 2 is 1.95 bits per heavy atom. The van der Waals surface area contributed by atoms with Gasteiger partial charge < -0.3 is 5.32 Å². The molecule has 20 heavy (non-hydrogen) atoms. The summed E-state index contributed by atoms with van der Waals surface area (Å²) in [5.41, 5.74) is 2.72. The maximum atomic E-state index is 3.62.